The Hall–Kier alpha value is -0.720. The van der Waals surface area contributed by atoms with Crippen LogP contribution in [-0.4, -0.2) is 19.9 Å². The minimum atomic E-state index is -0.691. The average Bonchev–Trinajstić information content (AvgIpc) is 2.84. The van der Waals surface area contributed by atoms with Crippen LogP contribution in [-0.2, 0) is 6.54 Å². The molecule has 0 aliphatic heterocycles. The van der Waals surface area contributed by atoms with Crippen molar-refractivity contribution in [2.45, 2.75) is 19.6 Å². The van der Waals surface area contributed by atoms with E-state index in [2.05, 4.69) is 26.0 Å². The molecule has 0 bridgehead atoms. The van der Waals surface area contributed by atoms with Gasteiger partial charge in [-0.25, -0.2) is 4.98 Å². The monoisotopic (exact) mass is 287 g/mol. The van der Waals surface area contributed by atoms with E-state index in [4.69, 9.17) is 0 Å². The second-order valence-corrected chi connectivity index (χ2v) is 4.68. The van der Waals surface area contributed by atoms with Crippen molar-refractivity contribution in [2.24, 2.45) is 0 Å². The predicted molar refractivity (Wildman–Crippen MR) is 61.8 cm³/mol. The zero-order chi connectivity index (χ0) is 10.8. The lowest BCUT2D eigenvalue weighted by atomic mass is 10.2. The summed E-state index contributed by atoms with van der Waals surface area (Å²) in [5.74, 6) is 0. The number of hydrogen-bond donors (Lipinski definition) is 1. The van der Waals surface area contributed by atoms with Crippen LogP contribution in [0.1, 0.15) is 23.7 Å². The van der Waals surface area contributed by atoms with Crippen LogP contribution in [0, 0.1) is 0 Å². The van der Waals surface area contributed by atoms with E-state index in [-0.39, 0.29) is 0 Å². The minimum Gasteiger partial charge on any atom is -0.380 e. The van der Waals surface area contributed by atoms with Gasteiger partial charge in [-0.2, -0.15) is 5.10 Å². The van der Waals surface area contributed by atoms with E-state index in [1.54, 1.807) is 10.9 Å². The molecule has 0 saturated carbocycles. The molecule has 2 heterocycles. The maximum Gasteiger partial charge on any atom is 0.147 e. The highest BCUT2D eigenvalue weighted by atomic mass is 79.9. The Morgan fingerprint density at radius 3 is 3.07 bits per heavy atom. The zero-order valence-electron chi connectivity index (χ0n) is 8.09. The van der Waals surface area contributed by atoms with Gasteiger partial charge in [-0.15, -0.1) is 11.3 Å². The van der Waals surface area contributed by atoms with E-state index in [0.717, 1.165) is 16.8 Å². The molecule has 80 valence electrons. The molecule has 0 fully saturated rings. The summed E-state index contributed by atoms with van der Waals surface area (Å²) >= 11 is 4.69. The molecular weight excluding hydrogens is 278 g/mol. The fourth-order valence-electron chi connectivity index (χ4n) is 1.36. The van der Waals surface area contributed by atoms with Gasteiger partial charge in [0, 0.05) is 18.1 Å². The summed E-state index contributed by atoms with van der Waals surface area (Å²) in [6, 6.07) is 1.81. The number of rotatable bonds is 3. The van der Waals surface area contributed by atoms with Crippen molar-refractivity contribution < 1.29 is 5.11 Å². The van der Waals surface area contributed by atoms with Gasteiger partial charge in [0.25, 0.3) is 0 Å². The molecule has 0 aliphatic carbocycles. The van der Waals surface area contributed by atoms with Gasteiger partial charge in [-0.3, -0.25) is 4.68 Å². The number of nitrogens with zero attached hydrogens (tertiary/aromatic N) is 3. The highest BCUT2D eigenvalue weighted by molar-refractivity contribution is 9.10. The van der Waals surface area contributed by atoms with Crippen LogP contribution in [0.5, 0.6) is 0 Å². The summed E-state index contributed by atoms with van der Waals surface area (Å²) in [5.41, 5.74) is 0.777. The Balaban J connectivity index is 2.31. The molecule has 4 nitrogen and oxygen atoms in total. The summed E-state index contributed by atoms with van der Waals surface area (Å²) in [7, 11) is 0. The molecule has 0 spiro atoms. The smallest absolute Gasteiger partial charge is 0.147 e. The first kappa shape index (κ1) is 10.8. The molecule has 2 aromatic rings. The second-order valence-electron chi connectivity index (χ2n) is 2.98. The molecule has 0 amide bonds. The Kier molecular flexibility index (Phi) is 3.18. The number of halogens is 1. The van der Waals surface area contributed by atoms with Crippen molar-refractivity contribution in [1.82, 2.24) is 14.8 Å². The van der Waals surface area contributed by atoms with E-state index in [1.165, 1.54) is 11.3 Å². The van der Waals surface area contributed by atoms with Crippen molar-refractivity contribution in [3.63, 3.8) is 0 Å². The third-order valence-electron chi connectivity index (χ3n) is 2.06. The van der Waals surface area contributed by atoms with Gasteiger partial charge >= 0.3 is 0 Å². The lowest BCUT2D eigenvalue weighted by Crippen LogP contribution is -2.08. The van der Waals surface area contributed by atoms with E-state index >= 15 is 0 Å². The fraction of sp³-hybridized carbons (Fsp3) is 0.333. The summed E-state index contributed by atoms with van der Waals surface area (Å²) in [6.07, 6.45) is 0.994. The maximum atomic E-state index is 10.1. The van der Waals surface area contributed by atoms with Crippen LogP contribution in [0.15, 0.2) is 22.2 Å². The molecule has 15 heavy (non-hydrogen) atoms. The lowest BCUT2D eigenvalue weighted by molar-refractivity contribution is 0.207. The molecule has 2 rings (SSSR count). The topological polar surface area (TPSA) is 50.9 Å². The van der Waals surface area contributed by atoms with Crippen LogP contribution >= 0.6 is 27.3 Å². The first-order valence-electron chi connectivity index (χ1n) is 4.53. The van der Waals surface area contributed by atoms with Gasteiger partial charge in [0.15, 0.2) is 0 Å². The van der Waals surface area contributed by atoms with E-state index in [1.807, 2.05) is 18.4 Å². The highest BCUT2D eigenvalue weighted by Crippen LogP contribution is 2.26. The number of aliphatic hydroxyl groups excluding tert-OH is 1. The normalized spacial score (nSPS) is 13.0. The molecule has 1 unspecified atom stereocenters. The van der Waals surface area contributed by atoms with Gasteiger partial charge in [0.05, 0.1) is 5.69 Å². The fourth-order valence-corrected chi connectivity index (χ4v) is 2.62. The molecule has 0 aromatic carbocycles. The molecular formula is C9H10BrN3OS. The van der Waals surface area contributed by atoms with Gasteiger partial charge in [-0.05, 0) is 28.9 Å². The number of aryl methyl sites for hydroxylation is 1. The number of hydrogen-bond acceptors (Lipinski definition) is 4. The first-order chi connectivity index (χ1) is 7.22. The molecule has 0 saturated heterocycles. The number of thiazole rings is 1. The lowest BCUT2D eigenvalue weighted by Gasteiger charge is -2.09. The summed E-state index contributed by atoms with van der Waals surface area (Å²) in [5, 5.41) is 16.7. The van der Waals surface area contributed by atoms with Gasteiger partial charge < -0.3 is 5.11 Å². The Labute approximate surface area is 99.7 Å². The first-order valence-corrected chi connectivity index (χ1v) is 6.20. The quantitative estimate of drug-likeness (QED) is 0.942. The van der Waals surface area contributed by atoms with E-state index < -0.39 is 6.10 Å². The second kappa shape index (κ2) is 4.42. The minimum absolute atomic E-state index is 0.678. The summed E-state index contributed by atoms with van der Waals surface area (Å²) in [6.45, 7) is 2.73. The Morgan fingerprint density at radius 2 is 2.47 bits per heavy atom. The number of aromatic nitrogens is 3. The zero-order valence-corrected chi connectivity index (χ0v) is 10.5. The van der Waals surface area contributed by atoms with Crippen LogP contribution in [0.4, 0.5) is 0 Å². The molecule has 0 aliphatic rings. The molecule has 2 aromatic heterocycles. The average molecular weight is 288 g/mol. The van der Waals surface area contributed by atoms with Gasteiger partial charge in [-0.1, -0.05) is 0 Å². The third kappa shape index (κ3) is 2.11. The summed E-state index contributed by atoms with van der Waals surface area (Å²) < 4.78 is 2.52. The standard InChI is InChI=1S/C9H10BrN3OS/c1-2-13-6(3-4-11-13)8(14)9-12-7(10)5-15-9/h3-5,8,14H,2H2,1H3. The van der Waals surface area contributed by atoms with E-state index in [9.17, 15) is 5.11 Å². The largest absolute Gasteiger partial charge is 0.380 e. The van der Waals surface area contributed by atoms with Crippen LogP contribution < -0.4 is 0 Å². The van der Waals surface area contributed by atoms with Crippen molar-refractivity contribution >= 4 is 27.3 Å². The number of aliphatic hydroxyl groups is 1. The van der Waals surface area contributed by atoms with Gasteiger partial charge in [0.1, 0.15) is 15.7 Å². The predicted octanol–water partition coefficient (Wildman–Crippen LogP) is 2.20. The molecule has 1 atom stereocenters. The SMILES string of the molecule is CCn1nccc1C(O)c1nc(Br)cs1. The van der Waals surface area contributed by atoms with Crippen molar-refractivity contribution in [3.8, 4) is 0 Å². The van der Waals surface area contributed by atoms with E-state index in [0.29, 0.717) is 5.01 Å². The Bertz CT molecular complexity index is 454. The van der Waals surface area contributed by atoms with Crippen LogP contribution in [0.2, 0.25) is 0 Å². The van der Waals surface area contributed by atoms with Crippen molar-refractivity contribution in [3.05, 3.63) is 32.9 Å². The van der Waals surface area contributed by atoms with Crippen LogP contribution in [0.3, 0.4) is 0 Å². The highest BCUT2D eigenvalue weighted by Gasteiger charge is 2.17. The Morgan fingerprint density at radius 1 is 1.67 bits per heavy atom. The molecule has 0 radical (unpaired) electrons. The summed E-state index contributed by atoms with van der Waals surface area (Å²) in [4.78, 5) is 4.19. The van der Waals surface area contributed by atoms with Gasteiger partial charge in [0.2, 0.25) is 0 Å². The third-order valence-corrected chi connectivity index (χ3v) is 3.66. The maximum absolute atomic E-state index is 10.1. The molecule has 1 N–H and O–H groups in total. The van der Waals surface area contributed by atoms with Crippen LogP contribution in [0.25, 0.3) is 0 Å². The van der Waals surface area contributed by atoms with Crippen molar-refractivity contribution in [2.75, 3.05) is 0 Å². The van der Waals surface area contributed by atoms with Crippen molar-refractivity contribution in [1.29, 1.82) is 0 Å². The molecule has 6 heteroatoms.